The lowest BCUT2D eigenvalue weighted by molar-refractivity contribution is 0.101. The highest BCUT2D eigenvalue weighted by Gasteiger charge is 2.37. The van der Waals surface area contributed by atoms with Crippen LogP contribution in [0.1, 0.15) is 65.2 Å². The Balaban J connectivity index is 1.03. The molecule has 2 aliphatic rings. The van der Waals surface area contributed by atoms with Gasteiger partial charge in [0.05, 0.1) is 40.1 Å². The second kappa shape index (κ2) is 14.4. The predicted molar refractivity (Wildman–Crippen MR) is 219 cm³/mol. The van der Waals surface area contributed by atoms with Crippen molar-refractivity contribution in [1.82, 2.24) is 63.4 Å². The van der Waals surface area contributed by atoms with E-state index in [1.54, 1.807) is 7.05 Å². The van der Waals surface area contributed by atoms with Crippen molar-refractivity contribution in [2.24, 2.45) is 20.0 Å². The third-order valence-electron chi connectivity index (χ3n) is 11.5. The van der Waals surface area contributed by atoms with Gasteiger partial charge in [0.1, 0.15) is 0 Å². The molecule has 0 saturated heterocycles. The van der Waals surface area contributed by atoms with E-state index in [-0.39, 0.29) is 42.0 Å². The maximum absolute atomic E-state index is 14.3. The Kier molecular flexibility index (Phi) is 8.80. The van der Waals surface area contributed by atoms with E-state index < -0.39 is 45.8 Å². The Morgan fingerprint density at radius 2 is 1.38 bits per heavy atom. The molecule has 2 fully saturated rings. The van der Waals surface area contributed by atoms with Crippen molar-refractivity contribution in [3.05, 3.63) is 99.2 Å². The molecular formula is C40H37N15O6. The molecule has 61 heavy (non-hydrogen) atoms. The van der Waals surface area contributed by atoms with Crippen LogP contribution in [0.4, 0.5) is 11.5 Å². The zero-order valence-corrected chi connectivity index (χ0v) is 32.7. The molecule has 21 heteroatoms. The molecule has 0 unspecified atom stereocenters. The summed E-state index contributed by atoms with van der Waals surface area (Å²) < 4.78 is 7.97. The fourth-order valence-corrected chi connectivity index (χ4v) is 8.19. The number of anilines is 2. The molecule has 10 rings (SSSR count). The van der Waals surface area contributed by atoms with Gasteiger partial charge in [0.25, 0.3) is 22.9 Å². The molecule has 0 bridgehead atoms. The number of para-hydroxylation sites is 4. The number of amides is 2. The second-order valence-corrected chi connectivity index (χ2v) is 15.4. The summed E-state index contributed by atoms with van der Waals surface area (Å²) >= 11 is 0. The van der Waals surface area contributed by atoms with E-state index in [4.69, 9.17) is 15.0 Å². The molecule has 8 aromatic rings. The fourth-order valence-electron chi connectivity index (χ4n) is 8.19. The van der Waals surface area contributed by atoms with E-state index in [0.717, 1.165) is 34.9 Å². The molecule has 2 saturated carbocycles. The van der Waals surface area contributed by atoms with E-state index in [1.807, 2.05) is 53.1 Å². The van der Waals surface area contributed by atoms with Gasteiger partial charge < -0.3 is 30.0 Å². The Bertz CT molecular complexity index is 3170. The molecular weight excluding hydrogens is 787 g/mol. The average Bonchev–Trinajstić information content (AvgIpc) is 4.03. The standard InChI is InChI=1S/C40H37N15O6/c1-51-19-28(49-50-51)46-38(59)30-32(57)40(61)53(34(48-30)36-45-24-10-3-5-12-26(24)54(36)22-8-7-9-22)18-20-14-23(15-20)55-27-13-6-4-11-25(27)44-35(55)33-47-29(31(56)39(60)52(33)2)37(58)43-21-16-41-42-17-21/h3-6,10-13,16-17,19-20,22-23,56-57H,7-9,14-15,18H2,1-2H3,(H,41,42)(H,43,58)(H,46,59). The number of aryl methyl sites for hydroxylation is 1. The zero-order chi connectivity index (χ0) is 42.1. The molecule has 2 amide bonds. The number of H-pyrrole nitrogens is 1. The van der Waals surface area contributed by atoms with E-state index in [9.17, 15) is 29.4 Å². The summed E-state index contributed by atoms with van der Waals surface area (Å²) in [6.07, 6.45) is 8.16. The zero-order valence-electron chi connectivity index (χ0n) is 32.7. The molecule has 2 aliphatic carbocycles. The summed E-state index contributed by atoms with van der Waals surface area (Å²) in [7, 11) is 3.08. The summed E-state index contributed by atoms with van der Waals surface area (Å²) in [6.45, 7) is 0.126. The van der Waals surface area contributed by atoms with Gasteiger partial charge in [-0.1, -0.05) is 29.5 Å². The van der Waals surface area contributed by atoms with E-state index in [0.29, 0.717) is 41.2 Å². The smallest absolute Gasteiger partial charge is 0.296 e. The Morgan fingerprint density at radius 1 is 0.770 bits per heavy atom. The fraction of sp³-hybridized carbons (Fsp3) is 0.275. The highest BCUT2D eigenvalue weighted by Crippen LogP contribution is 2.44. The summed E-state index contributed by atoms with van der Waals surface area (Å²) in [5.74, 6) is -2.41. The van der Waals surface area contributed by atoms with Crippen molar-refractivity contribution in [2.75, 3.05) is 10.6 Å². The highest BCUT2D eigenvalue weighted by atomic mass is 16.3. The second-order valence-electron chi connectivity index (χ2n) is 15.4. The van der Waals surface area contributed by atoms with Crippen LogP contribution in [-0.2, 0) is 20.6 Å². The van der Waals surface area contributed by atoms with Crippen molar-refractivity contribution in [3.63, 3.8) is 0 Å². The van der Waals surface area contributed by atoms with Crippen molar-refractivity contribution < 1.29 is 19.8 Å². The number of carbonyl (C=O) groups excluding carboxylic acids is 2. The van der Waals surface area contributed by atoms with Crippen LogP contribution in [0, 0.1) is 5.92 Å². The number of carbonyl (C=O) groups is 2. The minimum Gasteiger partial charge on any atom is -0.501 e. The number of fused-ring (bicyclic) bond motifs is 2. The first kappa shape index (κ1) is 37.3. The van der Waals surface area contributed by atoms with Gasteiger partial charge in [-0.15, -0.1) is 5.10 Å². The molecule has 21 nitrogen and oxygen atoms in total. The summed E-state index contributed by atoms with van der Waals surface area (Å²) in [5, 5.41) is 41.4. The number of hydrogen-bond acceptors (Lipinski definition) is 13. The van der Waals surface area contributed by atoms with Crippen LogP contribution in [0.15, 0.2) is 76.7 Å². The highest BCUT2D eigenvalue weighted by molar-refractivity contribution is 6.05. The van der Waals surface area contributed by atoms with Crippen LogP contribution in [0.3, 0.4) is 0 Å². The number of aromatic amines is 1. The quantitative estimate of drug-likeness (QED) is 0.132. The minimum absolute atomic E-state index is 0.0534. The van der Waals surface area contributed by atoms with Crippen molar-refractivity contribution >= 4 is 45.4 Å². The maximum Gasteiger partial charge on any atom is 0.296 e. The van der Waals surface area contributed by atoms with Gasteiger partial charge in [0.15, 0.2) is 40.5 Å². The van der Waals surface area contributed by atoms with Gasteiger partial charge >= 0.3 is 0 Å². The lowest BCUT2D eigenvalue weighted by Crippen LogP contribution is -2.36. The topological polar surface area (TPSA) is 263 Å². The van der Waals surface area contributed by atoms with Crippen LogP contribution in [0.5, 0.6) is 11.5 Å². The lowest BCUT2D eigenvalue weighted by Gasteiger charge is -2.38. The van der Waals surface area contributed by atoms with Gasteiger partial charge in [-0.3, -0.25) is 38.1 Å². The number of nitrogens with one attached hydrogen (secondary N) is 3. The van der Waals surface area contributed by atoms with Gasteiger partial charge in [0.2, 0.25) is 11.5 Å². The first-order valence-electron chi connectivity index (χ1n) is 19.6. The first-order valence-corrected chi connectivity index (χ1v) is 19.6. The van der Waals surface area contributed by atoms with Crippen LogP contribution >= 0.6 is 0 Å². The Hall–Kier alpha value is -7.97. The van der Waals surface area contributed by atoms with Crippen LogP contribution in [0.2, 0.25) is 0 Å². The Morgan fingerprint density at radius 3 is 1.98 bits per heavy atom. The van der Waals surface area contributed by atoms with E-state index in [2.05, 4.69) is 40.7 Å². The molecule has 308 valence electrons. The molecule has 6 heterocycles. The number of aromatic nitrogens is 13. The third kappa shape index (κ3) is 6.28. The molecule has 0 radical (unpaired) electrons. The molecule has 5 N–H and O–H groups in total. The van der Waals surface area contributed by atoms with Crippen molar-refractivity contribution in [3.8, 4) is 34.8 Å². The van der Waals surface area contributed by atoms with Gasteiger partial charge in [-0.2, -0.15) is 5.10 Å². The first-order chi connectivity index (χ1) is 29.5. The molecule has 2 aromatic carbocycles. The van der Waals surface area contributed by atoms with Crippen LogP contribution in [-0.4, -0.2) is 85.4 Å². The van der Waals surface area contributed by atoms with Crippen LogP contribution < -0.4 is 21.8 Å². The molecule has 0 aliphatic heterocycles. The minimum atomic E-state index is -0.839. The Labute approximate surface area is 343 Å². The number of aromatic hydroxyl groups is 2. The van der Waals surface area contributed by atoms with Gasteiger partial charge in [-0.05, 0) is 62.3 Å². The molecule has 6 aromatic heterocycles. The number of benzene rings is 2. The van der Waals surface area contributed by atoms with Gasteiger partial charge in [-0.25, -0.2) is 19.9 Å². The molecule has 0 spiro atoms. The number of rotatable bonds is 10. The number of nitrogens with zero attached hydrogens (tertiary/aromatic N) is 12. The lowest BCUT2D eigenvalue weighted by atomic mass is 9.79. The average molecular weight is 824 g/mol. The normalized spacial score (nSPS) is 16.4. The number of hydrogen-bond donors (Lipinski definition) is 5. The van der Waals surface area contributed by atoms with Crippen molar-refractivity contribution in [1.29, 1.82) is 0 Å². The largest absolute Gasteiger partial charge is 0.501 e. The van der Waals surface area contributed by atoms with E-state index in [1.165, 1.54) is 34.9 Å². The third-order valence-corrected chi connectivity index (χ3v) is 11.5. The van der Waals surface area contributed by atoms with Gasteiger partial charge in [0, 0.05) is 38.9 Å². The van der Waals surface area contributed by atoms with E-state index >= 15 is 0 Å². The summed E-state index contributed by atoms with van der Waals surface area (Å²) in [4.78, 5) is 73.6. The van der Waals surface area contributed by atoms with Crippen LogP contribution in [0.25, 0.3) is 45.4 Å². The monoisotopic (exact) mass is 823 g/mol. The maximum atomic E-state index is 14.3. The van der Waals surface area contributed by atoms with Crippen molar-refractivity contribution in [2.45, 2.75) is 50.7 Å². The summed E-state index contributed by atoms with van der Waals surface area (Å²) in [5.41, 5.74) is 0.646. The number of imidazole rings is 2. The SMILES string of the molecule is Cn1cc(NC(=O)c2nc(-c3nc4ccccc4n3C3CCC3)n(CC3CC(n4c(-c5nc(C(=O)Nc6cn[nH]c6)c(O)c(=O)n5C)nc5ccccc54)C3)c(=O)c2O)nn1. The predicted octanol–water partition coefficient (Wildman–Crippen LogP) is 3.51. The summed E-state index contributed by atoms with van der Waals surface area (Å²) in [6, 6.07) is 15.0. The molecule has 0 atom stereocenters.